The van der Waals surface area contributed by atoms with E-state index in [4.69, 9.17) is 30.7 Å². The predicted octanol–water partition coefficient (Wildman–Crippen LogP) is -1.02. The lowest BCUT2D eigenvalue weighted by molar-refractivity contribution is 0.381. The van der Waals surface area contributed by atoms with Crippen LogP contribution in [0.3, 0.4) is 0 Å². The minimum Gasteiger partial charge on any atom is -0.264 e. The van der Waals surface area contributed by atoms with Gasteiger partial charge in [-0.05, 0) is 0 Å². The lowest BCUT2D eigenvalue weighted by Gasteiger charge is -1.68. The van der Waals surface area contributed by atoms with E-state index in [1.807, 2.05) is 0 Å². The van der Waals surface area contributed by atoms with Crippen molar-refractivity contribution in [2.75, 3.05) is 0 Å². The first kappa shape index (κ1) is 11.3. The molecule has 0 aromatic carbocycles. The SMILES string of the molecule is N=S(=O)=O.O=S(=O)(O)O. The molecule has 0 aromatic rings. The molecule has 0 amide bonds. The molecule has 0 atom stereocenters. The fourth-order valence-electron chi connectivity index (χ4n) is 0. The van der Waals surface area contributed by atoms with Gasteiger partial charge in [0.1, 0.15) is 0 Å². The Kier molecular flexibility index (Phi) is 5.50. The molecule has 0 aliphatic carbocycles. The summed E-state index contributed by atoms with van der Waals surface area (Å²) < 4.78 is 54.4. The second kappa shape index (κ2) is 4.38. The average Bonchev–Trinajstić information content (AvgIpc) is 1.19. The van der Waals surface area contributed by atoms with E-state index in [9.17, 15) is 0 Å². The van der Waals surface area contributed by atoms with Crippen molar-refractivity contribution in [3.8, 4) is 0 Å². The maximum absolute atomic E-state index is 8.74. The molecule has 9 heavy (non-hydrogen) atoms. The monoisotopic (exact) mass is 177 g/mol. The van der Waals surface area contributed by atoms with Crippen molar-refractivity contribution < 1.29 is 25.9 Å². The van der Waals surface area contributed by atoms with Gasteiger partial charge < -0.3 is 0 Å². The van der Waals surface area contributed by atoms with Crippen LogP contribution in [0.2, 0.25) is 0 Å². The summed E-state index contributed by atoms with van der Waals surface area (Å²) in [5.41, 5.74) is 0. The molecule has 7 nitrogen and oxygen atoms in total. The second-order valence-corrected chi connectivity index (χ2v) is 2.05. The highest BCUT2D eigenvalue weighted by molar-refractivity contribution is 7.79. The number of hydrogen-bond donors (Lipinski definition) is 3. The Balaban J connectivity index is 0. The van der Waals surface area contributed by atoms with Crippen molar-refractivity contribution >= 4 is 20.9 Å². The molecule has 0 saturated heterocycles. The van der Waals surface area contributed by atoms with E-state index >= 15 is 0 Å². The van der Waals surface area contributed by atoms with Crippen molar-refractivity contribution in [2.24, 2.45) is 0 Å². The standard InChI is InChI=1S/HNO2S.H2O4S/c1-4(2)3;1-5(2,3)4/h1H;(H2,1,2,3,4). The molecular formula is H3NO6S2. The summed E-state index contributed by atoms with van der Waals surface area (Å²) in [6.07, 6.45) is 0. The van der Waals surface area contributed by atoms with Crippen molar-refractivity contribution in [3.05, 3.63) is 0 Å². The Labute approximate surface area is 52.4 Å². The smallest absolute Gasteiger partial charge is 0.264 e. The summed E-state index contributed by atoms with van der Waals surface area (Å²) >= 11 is 0. The average molecular weight is 177 g/mol. The minimum atomic E-state index is -4.67. The zero-order valence-corrected chi connectivity index (χ0v) is 5.48. The van der Waals surface area contributed by atoms with Gasteiger partial charge in [-0.15, -0.1) is 0 Å². The van der Waals surface area contributed by atoms with Gasteiger partial charge in [0.2, 0.25) is 0 Å². The van der Waals surface area contributed by atoms with Gasteiger partial charge in [-0.2, -0.15) is 21.6 Å². The molecule has 0 aliphatic heterocycles. The summed E-state index contributed by atoms with van der Waals surface area (Å²) in [6.45, 7) is 0. The van der Waals surface area contributed by atoms with Crippen molar-refractivity contribution in [1.82, 2.24) is 0 Å². The molecule has 9 heteroatoms. The van der Waals surface area contributed by atoms with Gasteiger partial charge in [0.15, 0.2) is 0 Å². The third kappa shape index (κ3) is 868. The number of nitrogens with one attached hydrogen (secondary N) is 1. The molecule has 0 aromatic heterocycles. The van der Waals surface area contributed by atoms with Crippen molar-refractivity contribution in [1.29, 1.82) is 4.78 Å². The third-order valence-electron chi connectivity index (χ3n) is 0. The molecule has 0 bridgehead atoms. The Morgan fingerprint density at radius 3 is 1.22 bits per heavy atom. The molecular weight excluding hydrogens is 174 g/mol. The van der Waals surface area contributed by atoms with Crippen LogP contribution >= 0.6 is 0 Å². The molecule has 0 saturated carbocycles. The number of hydrogen-bond acceptors (Lipinski definition) is 5. The van der Waals surface area contributed by atoms with E-state index in [1.54, 1.807) is 0 Å². The predicted molar refractivity (Wildman–Crippen MR) is 25.8 cm³/mol. The summed E-state index contributed by atoms with van der Waals surface area (Å²) in [6, 6.07) is 0. The first-order valence-electron chi connectivity index (χ1n) is 1.24. The van der Waals surface area contributed by atoms with E-state index < -0.39 is 20.9 Å². The summed E-state index contributed by atoms with van der Waals surface area (Å²) in [7, 11) is -7.28. The fraction of sp³-hybridized carbons (Fsp3) is 0. The van der Waals surface area contributed by atoms with Gasteiger partial charge in [-0.25, -0.2) is 0 Å². The highest BCUT2D eigenvalue weighted by Crippen LogP contribution is 1.59. The molecule has 3 N–H and O–H groups in total. The van der Waals surface area contributed by atoms with Crippen LogP contribution in [0, 0.1) is 4.78 Å². The fourth-order valence-corrected chi connectivity index (χ4v) is 0. The van der Waals surface area contributed by atoms with Crippen LogP contribution in [0.1, 0.15) is 0 Å². The van der Waals surface area contributed by atoms with Crippen LogP contribution < -0.4 is 0 Å². The molecule has 0 rings (SSSR count). The van der Waals surface area contributed by atoms with Crippen LogP contribution in [0.25, 0.3) is 0 Å². The van der Waals surface area contributed by atoms with Gasteiger partial charge in [0, 0.05) is 0 Å². The van der Waals surface area contributed by atoms with E-state index in [1.165, 1.54) is 0 Å². The number of rotatable bonds is 0. The molecule has 0 heterocycles. The lowest BCUT2D eigenvalue weighted by atomic mass is 14.0. The molecule has 0 fully saturated rings. The van der Waals surface area contributed by atoms with Crippen LogP contribution in [-0.2, 0) is 20.9 Å². The summed E-state index contributed by atoms with van der Waals surface area (Å²) in [4.78, 5) is 0. The Morgan fingerprint density at radius 1 is 1.22 bits per heavy atom. The van der Waals surface area contributed by atoms with Crippen molar-refractivity contribution in [3.63, 3.8) is 0 Å². The highest BCUT2D eigenvalue weighted by atomic mass is 32.3. The zero-order valence-electron chi connectivity index (χ0n) is 3.84. The molecule has 56 valence electrons. The Morgan fingerprint density at radius 2 is 1.22 bits per heavy atom. The van der Waals surface area contributed by atoms with E-state index in [2.05, 4.69) is 0 Å². The summed E-state index contributed by atoms with van der Waals surface area (Å²) in [5, 5.41) is 0. The Bertz CT molecular complexity index is 224. The van der Waals surface area contributed by atoms with E-state index in [0.29, 0.717) is 0 Å². The van der Waals surface area contributed by atoms with E-state index in [0.717, 1.165) is 0 Å². The van der Waals surface area contributed by atoms with Crippen molar-refractivity contribution in [2.45, 2.75) is 0 Å². The van der Waals surface area contributed by atoms with Gasteiger partial charge in [-0.1, -0.05) is 0 Å². The topological polar surface area (TPSA) is 133 Å². The van der Waals surface area contributed by atoms with Crippen LogP contribution in [0.15, 0.2) is 0 Å². The van der Waals surface area contributed by atoms with Gasteiger partial charge >= 0.3 is 20.9 Å². The van der Waals surface area contributed by atoms with Gasteiger partial charge in [-0.3, -0.25) is 9.11 Å². The lowest BCUT2D eigenvalue weighted by Crippen LogP contribution is -1.89. The first-order valence-corrected chi connectivity index (χ1v) is 3.71. The zero-order chi connectivity index (χ0) is 8.08. The third-order valence-corrected chi connectivity index (χ3v) is 0. The molecule has 0 unspecified atom stereocenters. The molecule has 0 spiro atoms. The quantitative estimate of drug-likeness (QED) is 0.405. The maximum atomic E-state index is 8.74. The summed E-state index contributed by atoms with van der Waals surface area (Å²) in [5.74, 6) is 0. The van der Waals surface area contributed by atoms with Crippen LogP contribution in [0.4, 0.5) is 0 Å². The van der Waals surface area contributed by atoms with Gasteiger partial charge in [0.25, 0.3) is 0 Å². The first-order chi connectivity index (χ1) is 3.73. The largest absolute Gasteiger partial charge is 0.394 e. The Hall–Kier alpha value is -0.510. The minimum absolute atomic E-state index is 2.61. The molecule has 0 radical (unpaired) electrons. The highest BCUT2D eigenvalue weighted by Gasteiger charge is 1.84. The second-order valence-electron chi connectivity index (χ2n) is 0.683. The maximum Gasteiger partial charge on any atom is 0.394 e. The normalized spacial score (nSPS) is 9.11. The van der Waals surface area contributed by atoms with Crippen LogP contribution in [0.5, 0.6) is 0 Å². The van der Waals surface area contributed by atoms with Crippen LogP contribution in [-0.4, -0.2) is 25.9 Å². The van der Waals surface area contributed by atoms with E-state index in [-0.39, 0.29) is 0 Å². The van der Waals surface area contributed by atoms with Gasteiger partial charge in [0.05, 0.1) is 0 Å². The molecule has 0 aliphatic rings.